The number of aliphatic hydroxyl groups is 1. The summed E-state index contributed by atoms with van der Waals surface area (Å²) in [5.74, 6) is -0.671. The Bertz CT molecular complexity index is 1080. The third kappa shape index (κ3) is 5.91. The van der Waals surface area contributed by atoms with Crippen LogP contribution in [0.25, 0.3) is 0 Å². The molecule has 166 valence electrons. The first kappa shape index (κ1) is 22.9. The van der Waals surface area contributed by atoms with Gasteiger partial charge in [0.1, 0.15) is 18.1 Å². The fraction of sp³-hybridized carbons (Fsp3) is 0.333. The highest BCUT2D eigenvalue weighted by Gasteiger charge is 2.37. The van der Waals surface area contributed by atoms with Crippen molar-refractivity contribution in [2.75, 3.05) is 11.9 Å². The number of hydrogen-bond donors (Lipinski definition) is 4. The summed E-state index contributed by atoms with van der Waals surface area (Å²) in [6, 6.07) is 7.33. The van der Waals surface area contributed by atoms with Crippen molar-refractivity contribution in [2.24, 2.45) is 0 Å². The third-order valence-corrected chi connectivity index (χ3v) is 5.03. The van der Waals surface area contributed by atoms with Gasteiger partial charge in [-0.05, 0) is 25.1 Å². The summed E-state index contributed by atoms with van der Waals surface area (Å²) in [6.07, 6.45) is -1.79. The minimum Gasteiger partial charge on any atom is -0.390 e. The number of phosphoric ester groups is 1. The fourth-order valence-electron chi connectivity index (χ4n) is 2.95. The van der Waals surface area contributed by atoms with Crippen molar-refractivity contribution in [1.29, 1.82) is 0 Å². The van der Waals surface area contributed by atoms with Gasteiger partial charge in [0.2, 0.25) is 0 Å². The predicted molar refractivity (Wildman–Crippen MR) is 105 cm³/mol. The van der Waals surface area contributed by atoms with Crippen molar-refractivity contribution in [3.8, 4) is 0 Å². The Hall–Kier alpha value is -2.73. The van der Waals surface area contributed by atoms with Crippen LogP contribution in [-0.4, -0.2) is 54.9 Å². The lowest BCUT2D eigenvalue weighted by atomic mass is 10.1. The molecule has 1 saturated heterocycles. The smallest absolute Gasteiger partial charge is 0.390 e. The summed E-state index contributed by atoms with van der Waals surface area (Å²) in [4.78, 5) is 57.2. The first-order chi connectivity index (χ1) is 14.5. The Morgan fingerprint density at radius 2 is 1.90 bits per heavy atom. The van der Waals surface area contributed by atoms with E-state index in [1.807, 2.05) is 0 Å². The first-order valence-electron chi connectivity index (χ1n) is 9.08. The van der Waals surface area contributed by atoms with Gasteiger partial charge in [-0.15, -0.1) is 0 Å². The number of carbonyl (C=O) groups excluding carboxylic acids is 2. The molecular weight excluding hydrogens is 433 g/mol. The number of nitrogens with one attached hydrogen (secondary N) is 1. The Balaban J connectivity index is 1.66. The van der Waals surface area contributed by atoms with E-state index in [4.69, 9.17) is 14.5 Å². The average molecular weight is 453 g/mol. The number of nitrogens with zero attached hydrogens (tertiary/aromatic N) is 2. The molecule has 31 heavy (non-hydrogen) atoms. The maximum Gasteiger partial charge on any atom is 0.469 e. The van der Waals surface area contributed by atoms with Crippen molar-refractivity contribution in [3.63, 3.8) is 0 Å². The summed E-state index contributed by atoms with van der Waals surface area (Å²) in [7, 11) is -4.73. The second-order valence-corrected chi connectivity index (χ2v) is 8.05. The van der Waals surface area contributed by atoms with Gasteiger partial charge < -0.3 is 24.9 Å². The molecule has 13 heteroatoms. The van der Waals surface area contributed by atoms with E-state index in [0.717, 1.165) is 4.57 Å². The number of aromatic nitrogens is 2. The molecule has 2 aromatic rings. The van der Waals surface area contributed by atoms with Crippen LogP contribution in [-0.2, 0) is 13.8 Å². The fourth-order valence-corrected chi connectivity index (χ4v) is 3.29. The van der Waals surface area contributed by atoms with Gasteiger partial charge >= 0.3 is 13.5 Å². The van der Waals surface area contributed by atoms with E-state index in [0.29, 0.717) is 5.56 Å². The topological polar surface area (TPSA) is 177 Å². The Labute approximate surface area is 175 Å². The maximum atomic E-state index is 12.3. The van der Waals surface area contributed by atoms with Crippen LogP contribution < -0.4 is 11.0 Å². The molecule has 0 aliphatic carbocycles. The molecule has 1 aliphatic heterocycles. The van der Waals surface area contributed by atoms with Crippen LogP contribution in [0.1, 0.15) is 40.3 Å². The normalized spacial score (nSPS) is 21.1. The van der Waals surface area contributed by atoms with E-state index in [9.17, 15) is 24.1 Å². The second kappa shape index (κ2) is 9.18. The maximum absolute atomic E-state index is 12.3. The number of anilines is 1. The molecule has 1 aromatic heterocycles. The number of hydrogen-bond acceptors (Lipinski definition) is 8. The average Bonchev–Trinajstić information content (AvgIpc) is 3.06. The largest absolute Gasteiger partial charge is 0.469 e. The number of benzene rings is 1. The lowest BCUT2D eigenvalue weighted by Gasteiger charge is -2.16. The quantitative estimate of drug-likeness (QED) is 0.340. The van der Waals surface area contributed by atoms with Crippen molar-refractivity contribution < 1.29 is 38.3 Å². The van der Waals surface area contributed by atoms with Gasteiger partial charge in [-0.2, -0.15) is 4.98 Å². The molecular formula is C18H20N3O9P. The Morgan fingerprint density at radius 3 is 2.48 bits per heavy atom. The number of amides is 1. The minimum atomic E-state index is -4.73. The molecule has 1 amide bonds. The molecule has 2 heterocycles. The Morgan fingerprint density at radius 1 is 1.26 bits per heavy atom. The van der Waals surface area contributed by atoms with Gasteiger partial charge in [0, 0.05) is 23.7 Å². The summed E-state index contributed by atoms with van der Waals surface area (Å²) >= 11 is 0. The molecule has 0 radical (unpaired) electrons. The van der Waals surface area contributed by atoms with Gasteiger partial charge in [-0.3, -0.25) is 18.7 Å². The molecule has 0 spiro atoms. The van der Waals surface area contributed by atoms with Crippen LogP contribution in [0.5, 0.6) is 0 Å². The Kier molecular flexibility index (Phi) is 6.80. The second-order valence-electron chi connectivity index (χ2n) is 6.81. The molecule has 0 unspecified atom stereocenters. The van der Waals surface area contributed by atoms with Crippen LogP contribution >= 0.6 is 7.82 Å². The lowest BCUT2D eigenvalue weighted by molar-refractivity contribution is -0.0450. The SMILES string of the molecule is CC(=O)c1ccc(C(=O)Nc2ccn([C@H]3C[C@@H](O)[C@@H](COP(=O)(O)O)O3)c(=O)n2)cc1. The van der Waals surface area contributed by atoms with Crippen molar-refractivity contribution in [1.82, 2.24) is 9.55 Å². The molecule has 1 aromatic carbocycles. The van der Waals surface area contributed by atoms with Crippen molar-refractivity contribution in [3.05, 3.63) is 58.1 Å². The number of Topliss-reactive ketones (excluding diaryl/α,β-unsaturated/α-hetero) is 1. The number of ketones is 1. The van der Waals surface area contributed by atoms with E-state index >= 15 is 0 Å². The zero-order valence-electron chi connectivity index (χ0n) is 16.2. The number of ether oxygens (including phenoxy) is 1. The molecule has 0 bridgehead atoms. The van der Waals surface area contributed by atoms with Crippen LogP contribution in [0.4, 0.5) is 5.82 Å². The van der Waals surface area contributed by atoms with Crippen LogP contribution in [0.15, 0.2) is 41.3 Å². The van der Waals surface area contributed by atoms with Crippen molar-refractivity contribution >= 4 is 25.3 Å². The van der Waals surface area contributed by atoms with E-state index in [-0.39, 0.29) is 23.6 Å². The summed E-state index contributed by atoms with van der Waals surface area (Å²) < 4.78 is 21.7. The van der Waals surface area contributed by atoms with Crippen LogP contribution in [0.2, 0.25) is 0 Å². The van der Waals surface area contributed by atoms with Gasteiger partial charge in [0.15, 0.2) is 5.78 Å². The number of carbonyl (C=O) groups is 2. The van der Waals surface area contributed by atoms with Gasteiger partial charge in [-0.1, -0.05) is 12.1 Å². The summed E-state index contributed by atoms with van der Waals surface area (Å²) in [5.41, 5.74) is -0.0369. The van der Waals surface area contributed by atoms with Gasteiger partial charge in [0.05, 0.1) is 12.7 Å². The lowest BCUT2D eigenvalue weighted by Crippen LogP contribution is -2.29. The van der Waals surface area contributed by atoms with E-state index in [1.165, 1.54) is 43.5 Å². The zero-order chi connectivity index (χ0) is 22.8. The molecule has 1 fully saturated rings. The zero-order valence-corrected chi connectivity index (χ0v) is 17.1. The summed E-state index contributed by atoms with van der Waals surface area (Å²) in [5, 5.41) is 12.5. The number of rotatable bonds is 7. The first-order valence-corrected chi connectivity index (χ1v) is 10.6. The van der Waals surface area contributed by atoms with Crippen molar-refractivity contribution in [2.45, 2.75) is 31.8 Å². The number of aliphatic hydroxyl groups excluding tert-OH is 1. The van der Waals surface area contributed by atoms with Gasteiger partial charge in [0.25, 0.3) is 5.91 Å². The monoisotopic (exact) mass is 453 g/mol. The summed E-state index contributed by atoms with van der Waals surface area (Å²) in [6.45, 7) is 0.856. The van der Waals surface area contributed by atoms with Crippen LogP contribution in [0, 0.1) is 0 Å². The standard InChI is InChI=1S/C18H20N3O9P/c1-10(22)11-2-4-12(5-3-11)17(24)19-15-6-7-21(18(25)20-15)16-8-13(23)14(30-16)9-29-31(26,27)28/h2-7,13-14,16,23H,8-9H2,1H3,(H2,26,27,28)(H,19,20,24,25)/t13-,14-,16-/m1/s1. The molecule has 12 nitrogen and oxygen atoms in total. The molecule has 1 aliphatic rings. The predicted octanol–water partition coefficient (Wildman–Crippen LogP) is 0.456. The molecule has 4 N–H and O–H groups in total. The minimum absolute atomic E-state index is 0.0122. The highest BCUT2D eigenvalue weighted by atomic mass is 31.2. The van der Waals surface area contributed by atoms with Crippen LogP contribution in [0.3, 0.4) is 0 Å². The molecule has 0 saturated carbocycles. The molecule has 3 rings (SSSR count). The van der Waals surface area contributed by atoms with E-state index < -0.39 is 44.5 Å². The van der Waals surface area contributed by atoms with E-state index in [2.05, 4.69) is 14.8 Å². The highest BCUT2D eigenvalue weighted by molar-refractivity contribution is 7.46. The highest BCUT2D eigenvalue weighted by Crippen LogP contribution is 2.38. The number of phosphoric acid groups is 1. The van der Waals surface area contributed by atoms with E-state index in [1.54, 1.807) is 0 Å². The molecule has 3 atom stereocenters. The van der Waals surface area contributed by atoms with Gasteiger partial charge in [-0.25, -0.2) is 9.36 Å². The third-order valence-electron chi connectivity index (χ3n) is 4.55.